The van der Waals surface area contributed by atoms with Crippen LogP contribution in [-0.4, -0.2) is 57.6 Å². The first kappa shape index (κ1) is 25.9. The monoisotopic (exact) mass is 513 g/mol. The van der Waals surface area contributed by atoms with Crippen molar-refractivity contribution in [2.45, 2.75) is 46.1 Å². The van der Waals surface area contributed by atoms with E-state index < -0.39 is 6.04 Å². The number of ether oxygens (including phenoxy) is 2. The number of H-pyrrole nitrogens is 1. The van der Waals surface area contributed by atoms with Gasteiger partial charge in [0.15, 0.2) is 11.5 Å². The first-order valence-corrected chi connectivity index (χ1v) is 12.7. The normalized spacial score (nSPS) is 14.9. The number of carbonyl (C=O) groups is 1. The Balaban J connectivity index is 1.84. The number of aromatic nitrogens is 2. The Hall–Kier alpha value is -3.23. The van der Waals surface area contributed by atoms with Crippen LogP contribution < -0.4 is 9.47 Å². The van der Waals surface area contributed by atoms with Gasteiger partial charge in [-0.05, 0) is 62.1 Å². The number of benzene rings is 2. The number of hydrogen-bond donors (Lipinski definition) is 3. The molecule has 1 amide bonds. The van der Waals surface area contributed by atoms with Crippen molar-refractivity contribution in [2.75, 3.05) is 26.4 Å². The van der Waals surface area contributed by atoms with Crippen molar-refractivity contribution in [1.29, 1.82) is 0 Å². The molecule has 1 aromatic heterocycles. The van der Waals surface area contributed by atoms with Gasteiger partial charge in [-0.2, -0.15) is 5.10 Å². The molecule has 2 aromatic carbocycles. The van der Waals surface area contributed by atoms with E-state index in [-0.39, 0.29) is 18.3 Å². The van der Waals surface area contributed by atoms with Crippen LogP contribution in [0.25, 0.3) is 11.3 Å². The highest BCUT2D eigenvalue weighted by Crippen LogP contribution is 2.46. The van der Waals surface area contributed by atoms with E-state index in [4.69, 9.17) is 21.1 Å². The molecule has 0 saturated carbocycles. The van der Waals surface area contributed by atoms with E-state index in [1.165, 1.54) is 0 Å². The average molecular weight is 514 g/mol. The molecule has 0 bridgehead atoms. The van der Waals surface area contributed by atoms with Crippen LogP contribution in [-0.2, 0) is 0 Å². The van der Waals surface area contributed by atoms with E-state index in [0.29, 0.717) is 65.2 Å². The van der Waals surface area contributed by atoms with Crippen LogP contribution in [0.2, 0.25) is 5.02 Å². The van der Waals surface area contributed by atoms with Crippen molar-refractivity contribution in [3.05, 3.63) is 57.7 Å². The topological polar surface area (TPSA) is 108 Å². The summed E-state index contributed by atoms with van der Waals surface area (Å²) in [5.74, 6) is 1.05. The zero-order chi connectivity index (χ0) is 25.8. The molecule has 4 rings (SSSR count). The number of aromatic amines is 1. The lowest BCUT2D eigenvalue weighted by Gasteiger charge is -2.27. The summed E-state index contributed by atoms with van der Waals surface area (Å²) in [6.07, 6.45) is 2.38. The number of amides is 1. The van der Waals surface area contributed by atoms with Crippen LogP contribution in [0.4, 0.5) is 0 Å². The molecule has 3 aromatic rings. The molecule has 0 radical (unpaired) electrons. The fourth-order valence-corrected chi connectivity index (χ4v) is 4.65. The summed E-state index contributed by atoms with van der Waals surface area (Å²) in [6, 6.07) is 8.42. The fourth-order valence-electron chi connectivity index (χ4n) is 4.48. The average Bonchev–Trinajstić information content (AvgIpc) is 3.40. The fraction of sp³-hybridized carbons (Fsp3) is 0.407. The second kappa shape index (κ2) is 11.2. The van der Waals surface area contributed by atoms with Gasteiger partial charge in [0.05, 0.1) is 19.3 Å². The predicted octanol–water partition coefficient (Wildman–Crippen LogP) is 5.25. The number of nitrogens with zero attached hydrogens (tertiary/aromatic N) is 2. The molecular weight excluding hydrogens is 482 g/mol. The van der Waals surface area contributed by atoms with E-state index in [9.17, 15) is 15.0 Å². The number of aliphatic hydroxyl groups is 1. The molecule has 8 nitrogen and oxygen atoms in total. The number of fused-ring (bicyclic) bond motifs is 1. The standard InChI is InChI=1S/C27H32ClN3O5/c1-4-6-12-36-21-9-8-17(14-22(21)35-5-2)26-23-24(18-15-19(28)16(3)13-20(18)33)29-30-25(23)27(34)31(26)10-7-11-32/h8-9,13-15,26,32-33H,4-7,10-12H2,1-3H3,(H,29,30). The molecule has 1 atom stereocenters. The van der Waals surface area contributed by atoms with E-state index in [1.54, 1.807) is 17.0 Å². The number of aromatic hydroxyl groups is 1. The van der Waals surface area contributed by atoms with Crippen LogP contribution in [0.5, 0.6) is 17.2 Å². The van der Waals surface area contributed by atoms with Gasteiger partial charge in [-0.3, -0.25) is 9.89 Å². The maximum atomic E-state index is 13.4. The summed E-state index contributed by atoms with van der Waals surface area (Å²) < 4.78 is 11.8. The van der Waals surface area contributed by atoms with Crippen LogP contribution in [0.1, 0.15) is 66.3 Å². The van der Waals surface area contributed by atoms with E-state index >= 15 is 0 Å². The molecule has 0 spiro atoms. The maximum Gasteiger partial charge on any atom is 0.273 e. The summed E-state index contributed by atoms with van der Waals surface area (Å²) >= 11 is 6.37. The van der Waals surface area contributed by atoms with Gasteiger partial charge >= 0.3 is 0 Å². The van der Waals surface area contributed by atoms with Crippen LogP contribution in [0.15, 0.2) is 30.3 Å². The minimum Gasteiger partial charge on any atom is -0.507 e. The molecule has 1 unspecified atom stereocenters. The minimum absolute atomic E-state index is 0.0286. The SMILES string of the molecule is CCCCOc1ccc(C2c3c(-c4cc(Cl)c(C)cc4O)n[nH]c3C(=O)N2CCCO)cc1OCC. The third-order valence-electron chi connectivity index (χ3n) is 6.29. The Kier molecular flexibility index (Phi) is 8.06. The molecule has 1 aliphatic rings. The predicted molar refractivity (Wildman–Crippen MR) is 138 cm³/mol. The number of hydrogen-bond acceptors (Lipinski definition) is 6. The van der Waals surface area contributed by atoms with E-state index in [1.807, 2.05) is 32.0 Å². The number of nitrogens with one attached hydrogen (secondary N) is 1. The van der Waals surface area contributed by atoms with Crippen molar-refractivity contribution >= 4 is 17.5 Å². The highest BCUT2D eigenvalue weighted by atomic mass is 35.5. The molecule has 3 N–H and O–H groups in total. The molecule has 0 aliphatic carbocycles. The molecule has 1 aliphatic heterocycles. The third kappa shape index (κ3) is 4.88. The highest BCUT2D eigenvalue weighted by molar-refractivity contribution is 6.31. The molecule has 36 heavy (non-hydrogen) atoms. The second-order valence-corrected chi connectivity index (χ2v) is 9.21. The number of aryl methyl sites for hydroxylation is 1. The van der Waals surface area contributed by atoms with Gasteiger partial charge < -0.3 is 24.6 Å². The molecule has 9 heteroatoms. The van der Waals surface area contributed by atoms with Gasteiger partial charge in [-0.15, -0.1) is 0 Å². The summed E-state index contributed by atoms with van der Waals surface area (Å²) in [6.45, 7) is 7.18. The summed E-state index contributed by atoms with van der Waals surface area (Å²) in [7, 11) is 0. The van der Waals surface area contributed by atoms with Crippen molar-refractivity contribution in [3.63, 3.8) is 0 Å². The largest absolute Gasteiger partial charge is 0.507 e. The van der Waals surface area contributed by atoms with E-state index in [0.717, 1.165) is 24.0 Å². The summed E-state index contributed by atoms with van der Waals surface area (Å²) in [4.78, 5) is 15.1. The number of phenols is 1. The zero-order valence-corrected chi connectivity index (χ0v) is 21.6. The third-order valence-corrected chi connectivity index (χ3v) is 6.70. The molecule has 192 valence electrons. The van der Waals surface area contributed by atoms with Gasteiger partial charge in [0.25, 0.3) is 5.91 Å². The number of carbonyl (C=O) groups excluding carboxylic acids is 1. The van der Waals surface area contributed by atoms with Gasteiger partial charge in [-0.25, -0.2) is 0 Å². The highest BCUT2D eigenvalue weighted by Gasteiger charge is 2.42. The molecular formula is C27H32ClN3O5. The lowest BCUT2D eigenvalue weighted by molar-refractivity contribution is 0.0732. The maximum absolute atomic E-state index is 13.4. The van der Waals surface area contributed by atoms with Gasteiger partial charge in [0.2, 0.25) is 0 Å². The lowest BCUT2D eigenvalue weighted by Crippen LogP contribution is -2.31. The van der Waals surface area contributed by atoms with Crippen LogP contribution in [0.3, 0.4) is 0 Å². The number of halogens is 1. The Bertz CT molecular complexity index is 1240. The van der Waals surface area contributed by atoms with Crippen molar-refractivity contribution < 1.29 is 24.5 Å². The smallest absolute Gasteiger partial charge is 0.273 e. The Morgan fingerprint density at radius 1 is 1.14 bits per heavy atom. The number of rotatable bonds is 11. The van der Waals surface area contributed by atoms with Gasteiger partial charge in [0.1, 0.15) is 17.1 Å². The first-order valence-electron chi connectivity index (χ1n) is 12.3. The number of phenolic OH excluding ortho intramolecular Hbond substituents is 1. The summed E-state index contributed by atoms with van der Waals surface area (Å²) in [5, 5.41) is 28.0. The van der Waals surface area contributed by atoms with Crippen molar-refractivity contribution in [3.8, 4) is 28.5 Å². The quantitative estimate of drug-likeness (QED) is 0.302. The minimum atomic E-state index is -0.504. The van der Waals surface area contributed by atoms with Crippen LogP contribution in [0, 0.1) is 6.92 Å². The van der Waals surface area contributed by atoms with Crippen molar-refractivity contribution in [2.24, 2.45) is 0 Å². The second-order valence-electron chi connectivity index (χ2n) is 8.80. The zero-order valence-electron chi connectivity index (χ0n) is 20.8. The number of unbranched alkanes of at least 4 members (excludes halogenated alkanes) is 1. The number of aliphatic hydroxyl groups excluding tert-OH is 1. The Morgan fingerprint density at radius 2 is 1.94 bits per heavy atom. The van der Waals surface area contributed by atoms with Crippen molar-refractivity contribution in [1.82, 2.24) is 15.1 Å². The van der Waals surface area contributed by atoms with Gasteiger partial charge in [0, 0.05) is 29.3 Å². The Labute approximate surface area is 215 Å². The molecule has 2 heterocycles. The van der Waals surface area contributed by atoms with E-state index in [2.05, 4.69) is 17.1 Å². The lowest BCUT2D eigenvalue weighted by atomic mass is 9.95. The molecule has 0 fully saturated rings. The van der Waals surface area contributed by atoms with Crippen LogP contribution >= 0.6 is 11.6 Å². The first-order chi connectivity index (χ1) is 17.4. The molecule has 0 saturated heterocycles. The Morgan fingerprint density at radius 3 is 2.67 bits per heavy atom. The van der Waals surface area contributed by atoms with Gasteiger partial charge in [-0.1, -0.05) is 31.0 Å². The summed E-state index contributed by atoms with van der Waals surface area (Å²) in [5.41, 5.74) is 3.44.